The van der Waals surface area contributed by atoms with Crippen LogP contribution in [0.1, 0.15) is 11.1 Å². The second-order valence-corrected chi connectivity index (χ2v) is 6.59. The number of rotatable bonds is 6. The van der Waals surface area contributed by atoms with Gasteiger partial charge in [-0.1, -0.05) is 12.1 Å². The van der Waals surface area contributed by atoms with E-state index in [1.165, 1.54) is 21.9 Å². The van der Waals surface area contributed by atoms with Gasteiger partial charge in [0.25, 0.3) is 5.91 Å². The minimum absolute atomic E-state index is 0.0926. The normalized spacial score (nSPS) is 16.7. The summed E-state index contributed by atoms with van der Waals surface area (Å²) in [6, 6.07) is 9.50. The van der Waals surface area contributed by atoms with Gasteiger partial charge >= 0.3 is 0 Å². The molecule has 1 aliphatic heterocycles. The molecule has 3 rings (SSSR count). The van der Waals surface area contributed by atoms with Gasteiger partial charge in [-0.3, -0.25) is 19.4 Å². The quantitative estimate of drug-likeness (QED) is 0.571. The molecule has 1 aromatic heterocycles. The third-order valence-corrected chi connectivity index (χ3v) is 4.64. The van der Waals surface area contributed by atoms with Crippen LogP contribution in [0.4, 0.5) is 4.39 Å². The number of carbonyl (C=O) groups is 3. The third kappa shape index (κ3) is 4.36. The predicted molar refractivity (Wildman–Crippen MR) is 95.9 cm³/mol. The summed E-state index contributed by atoms with van der Waals surface area (Å²) in [4.78, 5) is 43.9. The summed E-state index contributed by atoms with van der Waals surface area (Å²) in [7, 11) is 1.57. The molecule has 1 atom stereocenters. The van der Waals surface area contributed by atoms with Crippen molar-refractivity contribution >= 4 is 17.6 Å². The lowest BCUT2D eigenvalue weighted by molar-refractivity contribution is -0.144. The molecule has 6 nitrogen and oxygen atoms in total. The number of benzene rings is 1. The number of pyridine rings is 1. The van der Waals surface area contributed by atoms with Crippen molar-refractivity contribution in [1.29, 1.82) is 0 Å². The van der Waals surface area contributed by atoms with E-state index in [2.05, 4.69) is 4.98 Å². The standard InChI is InChI=1S/C20H20FN3O3/c1-23(12-15-2-4-16(21)5-3-15)19(26)17-13-24(20(27)18(17)25)11-8-14-6-9-22-10-7-14/h2-7,9-10,17H,8,11-13H2,1H3. The van der Waals surface area contributed by atoms with Gasteiger partial charge in [0.05, 0.1) is 0 Å². The molecule has 0 spiro atoms. The molecule has 1 fully saturated rings. The zero-order valence-corrected chi connectivity index (χ0v) is 15.0. The van der Waals surface area contributed by atoms with E-state index >= 15 is 0 Å². The summed E-state index contributed by atoms with van der Waals surface area (Å²) in [5, 5.41) is 0. The van der Waals surface area contributed by atoms with Crippen LogP contribution in [0.5, 0.6) is 0 Å². The van der Waals surface area contributed by atoms with Crippen LogP contribution in [0.15, 0.2) is 48.8 Å². The highest BCUT2D eigenvalue weighted by Crippen LogP contribution is 2.18. The van der Waals surface area contributed by atoms with E-state index in [0.29, 0.717) is 13.0 Å². The highest BCUT2D eigenvalue weighted by Gasteiger charge is 2.43. The fraction of sp³-hybridized carbons (Fsp3) is 0.300. The number of hydrogen-bond donors (Lipinski definition) is 0. The van der Waals surface area contributed by atoms with Crippen LogP contribution in [0, 0.1) is 11.7 Å². The van der Waals surface area contributed by atoms with Crippen LogP contribution >= 0.6 is 0 Å². The Morgan fingerprint density at radius 2 is 1.81 bits per heavy atom. The van der Waals surface area contributed by atoms with Crippen molar-refractivity contribution in [2.75, 3.05) is 20.1 Å². The second-order valence-electron chi connectivity index (χ2n) is 6.59. The van der Waals surface area contributed by atoms with E-state index < -0.39 is 23.5 Å². The predicted octanol–water partition coefficient (Wildman–Crippen LogP) is 1.45. The number of Topliss-reactive ketones (excluding diaryl/α,β-unsaturated/α-hetero) is 1. The fourth-order valence-electron chi connectivity index (χ4n) is 3.10. The smallest absolute Gasteiger partial charge is 0.290 e. The minimum atomic E-state index is -0.986. The van der Waals surface area contributed by atoms with Gasteiger partial charge < -0.3 is 9.80 Å². The van der Waals surface area contributed by atoms with Crippen molar-refractivity contribution in [3.8, 4) is 0 Å². The number of likely N-dealkylation sites (tertiary alicyclic amines) is 1. The SMILES string of the molecule is CN(Cc1ccc(F)cc1)C(=O)C1CN(CCc2ccncc2)C(=O)C1=O. The molecule has 2 heterocycles. The van der Waals surface area contributed by atoms with Crippen molar-refractivity contribution < 1.29 is 18.8 Å². The maximum Gasteiger partial charge on any atom is 0.290 e. The van der Waals surface area contributed by atoms with Crippen LogP contribution in [0.2, 0.25) is 0 Å². The third-order valence-electron chi connectivity index (χ3n) is 4.64. The summed E-state index contributed by atoms with van der Waals surface area (Å²) >= 11 is 0. The molecule has 0 N–H and O–H groups in total. The first-order valence-electron chi connectivity index (χ1n) is 8.67. The number of nitrogens with zero attached hydrogens (tertiary/aromatic N) is 3. The van der Waals surface area contributed by atoms with Crippen LogP contribution in [0.25, 0.3) is 0 Å². The molecule has 27 heavy (non-hydrogen) atoms. The van der Waals surface area contributed by atoms with Gasteiger partial charge in [0.15, 0.2) is 0 Å². The van der Waals surface area contributed by atoms with Crippen molar-refractivity contribution in [3.05, 3.63) is 65.7 Å². The Morgan fingerprint density at radius 1 is 1.15 bits per heavy atom. The second kappa shape index (κ2) is 8.07. The highest BCUT2D eigenvalue weighted by molar-refractivity contribution is 6.42. The summed E-state index contributed by atoms with van der Waals surface area (Å²) in [6.07, 6.45) is 3.93. The molecular weight excluding hydrogens is 349 g/mol. The van der Waals surface area contributed by atoms with Gasteiger partial charge in [0, 0.05) is 39.1 Å². The Bertz CT molecular complexity index is 839. The van der Waals surface area contributed by atoms with E-state index in [1.54, 1.807) is 31.6 Å². The van der Waals surface area contributed by atoms with Crippen molar-refractivity contribution in [2.45, 2.75) is 13.0 Å². The van der Waals surface area contributed by atoms with E-state index in [1.807, 2.05) is 12.1 Å². The molecular formula is C20H20FN3O3. The molecule has 2 aromatic rings. The van der Waals surface area contributed by atoms with Crippen LogP contribution in [-0.2, 0) is 27.3 Å². The van der Waals surface area contributed by atoms with E-state index in [4.69, 9.17) is 0 Å². The Hall–Kier alpha value is -3.09. The number of hydrogen-bond acceptors (Lipinski definition) is 4. The minimum Gasteiger partial charge on any atom is -0.341 e. The van der Waals surface area contributed by atoms with Gasteiger partial charge in [-0.25, -0.2) is 4.39 Å². The average molecular weight is 369 g/mol. The van der Waals surface area contributed by atoms with Crippen molar-refractivity contribution in [1.82, 2.24) is 14.8 Å². The molecule has 1 aromatic carbocycles. The monoisotopic (exact) mass is 369 g/mol. The lowest BCUT2D eigenvalue weighted by Gasteiger charge is -2.21. The molecule has 1 aliphatic rings. The summed E-state index contributed by atoms with van der Waals surface area (Å²) in [5.74, 6) is -3.02. The van der Waals surface area contributed by atoms with Gasteiger partial charge in [0.1, 0.15) is 11.7 Å². The molecule has 0 radical (unpaired) electrons. The largest absolute Gasteiger partial charge is 0.341 e. The number of carbonyl (C=O) groups excluding carboxylic acids is 3. The average Bonchev–Trinajstić information content (AvgIpc) is 2.96. The maximum absolute atomic E-state index is 13.0. The Labute approximate surface area is 156 Å². The molecule has 0 aliphatic carbocycles. The molecule has 1 unspecified atom stereocenters. The topological polar surface area (TPSA) is 70.6 Å². The zero-order valence-electron chi connectivity index (χ0n) is 15.0. The Balaban J connectivity index is 1.60. The molecule has 2 amide bonds. The van der Waals surface area contributed by atoms with Gasteiger partial charge in [-0.05, 0) is 41.8 Å². The van der Waals surface area contributed by atoms with Crippen molar-refractivity contribution in [3.63, 3.8) is 0 Å². The number of halogens is 1. The van der Waals surface area contributed by atoms with Gasteiger partial charge in [-0.2, -0.15) is 0 Å². The first-order chi connectivity index (χ1) is 13.0. The highest BCUT2D eigenvalue weighted by atomic mass is 19.1. The molecule has 0 saturated carbocycles. The number of amides is 2. The fourth-order valence-corrected chi connectivity index (χ4v) is 3.10. The van der Waals surface area contributed by atoms with Gasteiger partial charge in [-0.15, -0.1) is 0 Å². The number of ketones is 1. The Kier molecular flexibility index (Phi) is 5.59. The van der Waals surface area contributed by atoms with E-state index in [-0.39, 0.29) is 18.9 Å². The molecule has 140 valence electrons. The summed E-state index contributed by atoms with van der Waals surface area (Å²) in [5.41, 5.74) is 1.76. The first kappa shape index (κ1) is 18.7. The lowest BCUT2D eigenvalue weighted by atomic mass is 10.1. The van der Waals surface area contributed by atoms with Crippen LogP contribution < -0.4 is 0 Å². The van der Waals surface area contributed by atoms with Crippen LogP contribution in [-0.4, -0.2) is 52.5 Å². The lowest BCUT2D eigenvalue weighted by Crippen LogP contribution is -2.36. The Morgan fingerprint density at radius 3 is 2.48 bits per heavy atom. The number of aromatic nitrogens is 1. The summed E-state index contributed by atoms with van der Waals surface area (Å²) in [6.45, 7) is 0.712. The van der Waals surface area contributed by atoms with E-state index in [0.717, 1.165) is 11.1 Å². The van der Waals surface area contributed by atoms with E-state index in [9.17, 15) is 18.8 Å². The zero-order chi connectivity index (χ0) is 19.4. The molecule has 1 saturated heterocycles. The van der Waals surface area contributed by atoms with Crippen molar-refractivity contribution in [2.24, 2.45) is 5.92 Å². The first-order valence-corrected chi connectivity index (χ1v) is 8.67. The molecule has 0 bridgehead atoms. The van der Waals surface area contributed by atoms with Gasteiger partial charge in [0.2, 0.25) is 11.7 Å². The maximum atomic E-state index is 13.0. The summed E-state index contributed by atoms with van der Waals surface area (Å²) < 4.78 is 13.0. The molecule has 7 heteroatoms. The van der Waals surface area contributed by atoms with Crippen LogP contribution in [0.3, 0.4) is 0 Å².